The van der Waals surface area contributed by atoms with E-state index in [0.29, 0.717) is 19.8 Å². The van der Waals surface area contributed by atoms with Crippen molar-refractivity contribution >= 4 is 0 Å². The zero-order valence-corrected chi connectivity index (χ0v) is 9.92. The molecule has 0 spiro atoms. The first-order valence-electron chi connectivity index (χ1n) is 5.38. The Morgan fingerprint density at radius 3 is 2.62 bits per heavy atom. The summed E-state index contributed by atoms with van der Waals surface area (Å²) in [5.41, 5.74) is 6.25. The van der Waals surface area contributed by atoms with Crippen molar-refractivity contribution < 1.29 is 14.3 Å². The van der Waals surface area contributed by atoms with Gasteiger partial charge in [0.25, 0.3) is 0 Å². The summed E-state index contributed by atoms with van der Waals surface area (Å²) in [6.45, 7) is 5.97. The molecule has 1 aliphatic heterocycles. The second-order valence-corrected chi connectivity index (χ2v) is 3.86. The first kappa shape index (κ1) is 11.2. The highest BCUT2D eigenvalue weighted by molar-refractivity contribution is 5.55. The molecule has 1 heterocycles. The molecular formula is C12H17NO3. The molecule has 0 amide bonds. The highest BCUT2D eigenvalue weighted by Crippen LogP contribution is 2.38. The summed E-state index contributed by atoms with van der Waals surface area (Å²) in [6, 6.07) is 2.11. The van der Waals surface area contributed by atoms with Gasteiger partial charge < -0.3 is 14.3 Å². The normalized spacial score (nSPS) is 13.9. The number of rotatable bonds is 3. The summed E-state index contributed by atoms with van der Waals surface area (Å²) in [5, 5.41) is 0. The van der Waals surface area contributed by atoms with Crippen LogP contribution >= 0.6 is 0 Å². The van der Waals surface area contributed by atoms with Gasteiger partial charge in [0, 0.05) is 12.1 Å². The maximum atomic E-state index is 5.67. The minimum atomic E-state index is 0.607. The Labute approximate surface area is 95.5 Å². The largest absolute Gasteiger partial charge is 0.486 e. The molecule has 0 saturated carbocycles. The van der Waals surface area contributed by atoms with Gasteiger partial charge in [-0.1, -0.05) is 6.07 Å². The van der Waals surface area contributed by atoms with Crippen molar-refractivity contribution in [2.75, 3.05) is 20.3 Å². The van der Waals surface area contributed by atoms with Crippen molar-refractivity contribution in [2.24, 2.45) is 0 Å². The van der Waals surface area contributed by atoms with Gasteiger partial charge in [0.2, 0.25) is 0 Å². The quantitative estimate of drug-likeness (QED) is 0.792. The molecule has 1 N–H and O–H groups in total. The maximum Gasteiger partial charge on any atom is 0.166 e. The summed E-state index contributed by atoms with van der Waals surface area (Å²) >= 11 is 0. The first-order chi connectivity index (χ1) is 7.74. The number of benzene rings is 1. The molecule has 0 aromatic heterocycles. The van der Waals surface area contributed by atoms with E-state index in [0.717, 1.165) is 22.6 Å². The summed E-state index contributed by atoms with van der Waals surface area (Å²) in [4.78, 5) is 4.86. The minimum absolute atomic E-state index is 0.607. The molecule has 88 valence electrons. The van der Waals surface area contributed by atoms with Gasteiger partial charge in [0.15, 0.2) is 11.5 Å². The van der Waals surface area contributed by atoms with Crippen LogP contribution in [0.15, 0.2) is 6.07 Å². The van der Waals surface area contributed by atoms with Gasteiger partial charge in [-0.2, -0.15) is 5.48 Å². The van der Waals surface area contributed by atoms with E-state index in [1.54, 1.807) is 7.11 Å². The van der Waals surface area contributed by atoms with Crippen LogP contribution in [-0.4, -0.2) is 20.3 Å². The zero-order valence-electron chi connectivity index (χ0n) is 9.92. The van der Waals surface area contributed by atoms with Crippen LogP contribution in [0.1, 0.15) is 16.7 Å². The predicted octanol–water partition coefficient (Wildman–Crippen LogP) is 1.73. The number of hydroxylamine groups is 1. The maximum absolute atomic E-state index is 5.67. The molecule has 0 bridgehead atoms. The van der Waals surface area contributed by atoms with Crippen LogP contribution in [0.4, 0.5) is 0 Å². The average Bonchev–Trinajstić information content (AvgIpc) is 2.32. The average molecular weight is 223 g/mol. The second kappa shape index (κ2) is 4.72. The lowest BCUT2D eigenvalue weighted by Gasteiger charge is -2.24. The molecule has 16 heavy (non-hydrogen) atoms. The first-order valence-corrected chi connectivity index (χ1v) is 5.38. The third-order valence-corrected chi connectivity index (χ3v) is 2.80. The van der Waals surface area contributed by atoms with Crippen molar-refractivity contribution in [2.45, 2.75) is 20.4 Å². The van der Waals surface area contributed by atoms with Gasteiger partial charge in [-0.15, -0.1) is 0 Å². The minimum Gasteiger partial charge on any atom is -0.486 e. The van der Waals surface area contributed by atoms with Crippen LogP contribution < -0.4 is 15.0 Å². The molecule has 0 saturated heterocycles. The number of hydrogen-bond donors (Lipinski definition) is 1. The molecule has 0 unspecified atom stereocenters. The van der Waals surface area contributed by atoms with Gasteiger partial charge in [-0.25, -0.2) is 0 Å². The highest BCUT2D eigenvalue weighted by atomic mass is 16.6. The monoisotopic (exact) mass is 223 g/mol. The van der Waals surface area contributed by atoms with Crippen LogP contribution in [0.2, 0.25) is 0 Å². The van der Waals surface area contributed by atoms with Crippen LogP contribution in [0.25, 0.3) is 0 Å². The Hall–Kier alpha value is -1.26. The van der Waals surface area contributed by atoms with Gasteiger partial charge in [-0.3, -0.25) is 0 Å². The molecule has 4 nitrogen and oxygen atoms in total. The summed E-state index contributed by atoms with van der Waals surface area (Å²) in [6.07, 6.45) is 0. The third-order valence-electron chi connectivity index (χ3n) is 2.80. The lowest BCUT2D eigenvalue weighted by atomic mass is 10.0. The van der Waals surface area contributed by atoms with Crippen LogP contribution in [-0.2, 0) is 11.4 Å². The van der Waals surface area contributed by atoms with E-state index < -0.39 is 0 Å². The van der Waals surface area contributed by atoms with E-state index in [4.69, 9.17) is 14.3 Å². The molecular weight excluding hydrogens is 206 g/mol. The van der Waals surface area contributed by atoms with Gasteiger partial charge in [0.1, 0.15) is 13.2 Å². The Morgan fingerprint density at radius 1 is 1.25 bits per heavy atom. The molecule has 0 atom stereocenters. The van der Waals surface area contributed by atoms with E-state index in [9.17, 15) is 0 Å². The Bertz CT molecular complexity index is 390. The van der Waals surface area contributed by atoms with E-state index in [1.807, 2.05) is 0 Å². The number of nitrogens with one attached hydrogen (secondary N) is 1. The molecule has 1 aromatic carbocycles. The van der Waals surface area contributed by atoms with E-state index in [1.165, 1.54) is 5.56 Å². The van der Waals surface area contributed by atoms with Crippen LogP contribution in [0.5, 0.6) is 11.5 Å². The number of fused-ring (bicyclic) bond motifs is 1. The second-order valence-electron chi connectivity index (χ2n) is 3.86. The fraction of sp³-hybridized carbons (Fsp3) is 0.500. The van der Waals surface area contributed by atoms with E-state index >= 15 is 0 Å². The molecule has 2 rings (SSSR count). The standard InChI is InChI=1S/C12H17NO3/c1-8-6-10(7-13-14-3)12-11(9(8)2)15-4-5-16-12/h6,13H,4-5,7H2,1-3H3. The zero-order chi connectivity index (χ0) is 11.5. The predicted molar refractivity (Wildman–Crippen MR) is 60.8 cm³/mol. The van der Waals surface area contributed by atoms with Crippen LogP contribution in [0, 0.1) is 13.8 Å². The van der Waals surface area contributed by atoms with Crippen molar-refractivity contribution in [1.82, 2.24) is 5.48 Å². The van der Waals surface area contributed by atoms with Crippen LogP contribution in [0.3, 0.4) is 0 Å². The molecule has 0 fully saturated rings. The summed E-state index contributed by atoms with van der Waals surface area (Å²) in [5.74, 6) is 1.72. The summed E-state index contributed by atoms with van der Waals surface area (Å²) < 4.78 is 11.3. The Morgan fingerprint density at radius 2 is 1.94 bits per heavy atom. The van der Waals surface area contributed by atoms with Gasteiger partial charge in [0.05, 0.1) is 7.11 Å². The van der Waals surface area contributed by atoms with Gasteiger partial charge >= 0.3 is 0 Å². The molecule has 0 radical (unpaired) electrons. The number of hydrogen-bond acceptors (Lipinski definition) is 4. The summed E-state index contributed by atoms with van der Waals surface area (Å²) in [7, 11) is 1.60. The SMILES string of the molecule is CONCc1cc(C)c(C)c2c1OCCO2. The van der Waals surface area contributed by atoms with Crippen molar-refractivity contribution in [1.29, 1.82) is 0 Å². The molecule has 0 aliphatic carbocycles. The lowest BCUT2D eigenvalue weighted by Crippen LogP contribution is -2.20. The molecule has 4 heteroatoms. The Kier molecular flexibility index (Phi) is 3.31. The highest BCUT2D eigenvalue weighted by Gasteiger charge is 2.19. The topological polar surface area (TPSA) is 39.7 Å². The Balaban J connectivity index is 2.40. The molecule has 1 aliphatic rings. The van der Waals surface area contributed by atoms with Crippen molar-refractivity contribution in [3.63, 3.8) is 0 Å². The van der Waals surface area contributed by atoms with E-state index in [2.05, 4.69) is 25.4 Å². The fourth-order valence-electron chi connectivity index (χ4n) is 1.83. The fourth-order valence-corrected chi connectivity index (χ4v) is 1.83. The third kappa shape index (κ3) is 1.99. The number of ether oxygens (including phenoxy) is 2. The lowest BCUT2D eigenvalue weighted by molar-refractivity contribution is 0.0848. The van der Waals surface area contributed by atoms with Gasteiger partial charge in [-0.05, 0) is 25.0 Å². The molecule has 1 aromatic rings. The smallest absolute Gasteiger partial charge is 0.166 e. The number of aryl methyl sites for hydroxylation is 1. The van der Waals surface area contributed by atoms with Crippen molar-refractivity contribution in [3.8, 4) is 11.5 Å². The van der Waals surface area contributed by atoms with E-state index in [-0.39, 0.29) is 0 Å². The van der Waals surface area contributed by atoms with Crippen molar-refractivity contribution in [3.05, 3.63) is 22.8 Å².